The molecule has 0 radical (unpaired) electrons. The van der Waals surface area contributed by atoms with Gasteiger partial charge in [-0.25, -0.2) is 9.78 Å². The third kappa shape index (κ3) is 4.28. The molecule has 1 amide bonds. The van der Waals surface area contributed by atoms with Crippen molar-refractivity contribution in [3.63, 3.8) is 0 Å². The third-order valence-electron chi connectivity index (χ3n) is 3.88. The Labute approximate surface area is 166 Å². The molecule has 3 rings (SSSR count). The summed E-state index contributed by atoms with van der Waals surface area (Å²) >= 11 is 1.08. The normalized spacial score (nSPS) is 10.9. The topological polar surface area (TPSA) is 94.3 Å². The van der Waals surface area contributed by atoms with Crippen LogP contribution in [0.15, 0.2) is 34.9 Å². The minimum atomic E-state index is -0.435. The molecule has 7 nitrogen and oxygen atoms in total. The Morgan fingerprint density at radius 3 is 2.57 bits per heavy atom. The number of hydrogen-bond acceptors (Lipinski definition) is 7. The van der Waals surface area contributed by atoms with Gasteiger partial charge in [-0.15, -0.1) is 0 Å². The molecule has 3 aromatic rings. The Hall–Kier alpha value is -3.00. The van der Waals surface area contributed by atoms with E-state index in [1.54, 1.807) is 13.8 Å². The highest BCUT2D eigenvalue weighted by Gasteiger charge is 2.24. The van der Waals surface area contributed by atoms with Crippen molar-refractivity contribution in [2.75, 3.05) is 11.9 Å². The monoisotopic (exact) mass is 399 g/mol. The van der Waals surface area contributed by atoms with Gasteiger partial charge in [-0.05, 0) is 19.8 Å². The highest BCUT2D eigenvalue weighted by molar-refractivity contribution is 7.17. The number of esters is 1. The Bertz CT molecular complexity index is 992. The zero-order chi connectivity index (χ0) is 20.3. The Balaban J connectivity index is 1.81. The summed E-state index contributed by atoms with van der Waals surface area (Å²) in [5.74, 6) is -0.200. The van der Waals surface area contributed by atoms with E-state index in [0.29, 0.717) is 39.3 Å². The summed E-state index contributed by atoms with van der Waals surface area (Å²) in [4.78, 5) is 29.7. The fourth-order valence-electron chi connectivity index (χ4n) is 2.53. The van der Waals surface area contributed by atoms with E-state index in [9.17, 15) is 9.59 Å². The molecule has 2 heterocycles. The van der Waals surface area contributed by atoms with Gasteiger partial charge in [-0.2, -0.15) is 0 Å². The maximum absolute atomic E-state index is 12.8. The molecule has 0 aliphatic carbocycles. The van der Waals surface area contributed by atoms with Crippen LogP contribution < -0.4 is 5.32 Å². The van der Waals surface area contributed by atoms with Gasteiger partial charge in [0.2, 0.25) is 0 Å². The second-order valence-corrected chi connectivity index (χ2v) is 7.72. The molecule has 1 N–H and O–H groups in total. The fraction of sp³-hybridized carbons (Fsp3) is 0.300. The van der Waals surface area contributed by atoms with Crippen molar-refractivity contribution < 1.29 is 18.8 Å². The van der Waals surface area contributed by atoms with Gasteiger partial charge < -0.3 is 9.26 Å². The van der Waals surface area contributed by atoms with E-state index in [2.05, 4.69) is 15.5 Å². The lowest BCUT2D eigenvalue weighted by molar-refractivity contribution is 0.0463. The van der Waals surface area contributed by atoms with E-state index < -0.39 is 11.9 Å². The van der Waals surface area contributed by atoms with Crippen LogP contribution in [-0.4, -0.2) is 28.6 Å². The van der Waals surface area contributed by atoms with Crippen molar-refractivity contribution in [2.24, 2.45) is 5.92 Å². The van der Waals surface area contributed by atoms with Gasteiger partial charge in [0.05, 0.1) is 18.0 Å². The first-order valence-electron chi connectivity index (χ1n) is 8.84. The smallest absolute Gasteiger partial charge is 0.350 e. The molecule has 146 valence electrons. The molecule has 0 aliphatic heterocycles. The van der Waals surface area contributed by atoms with Crippen molar-refractivity contribution in [1.82, 2.24) is 10.1 Å². The lowest BCUT2D eigenvalue weighted by atomic mass is 10.1. The number of rotatable bonds is 6. The van der Waals surface area contributed by atoms with Crippen LogP contribution in [0.4, 0.5) is 5.13 Å². The number of hydrogen-bond donors (Lipinski definition) is 1. The van der Waals surface area contributed by atoms with E-state index in [0.717, 1.165) is 16.9 Å². The number of aromatic nitrogens is 2. The quantitative estimate of drug-likeness (QED) is 0.614. The number of anilines is 1. The Morgan fingerprint density at radius 1 is 1.18 bits per heavy atom. The molecular weight excluding hydrogens is 378 g/mol. The number of ether oxygens (including phenoxy) is 1. The van der Waals surface area contributed by atoms with E-state index in [-0.39, 0.29) is 5.92 Å². The van der Waals surface area contributed by atoms with E-state index in [1.165, 1.54) is 0 Å². The van der Waals surface area contributed by atoms with Crippen LogP contribution in [0.25, 0.3) is 11.3 Å². The summed E-state index contributed by atoms with van der Waals surface area (Å²) < 4.78 is 10.6. The van der Waals surface area contributed by atoms with Crippen LogP contribution in [0.3, 0.4) is 0 Å². The van der Waals surface area contributed by atoms with Gasteiger partial charge in [0.1, 0.15) is 10.4 Å². The van der Waals surface area contributed by atoms with E-state index in [4.69, 9.17) is 9.26 Å². The van der Waals surface area contributed by atoms with Crippen molar-refractivity contribution in [1.29, 1.82) is 0 Å². The lowest BCUT2D eigenvalue weighted by Crippen LogP contribution is -2.13. The molecule has 28 heavy (non-hydrogen) atoms. The van der Waals surface area contributed by atoms with Crippen LogP contribution in [-0.2, 0) is 4.74 Å². The van der Waals surface area contributed by atoms with Gasteiger partial charge in [0.15, 0.2) is 10.9 Å². The number of nitrogens with one attached hydrogen (secondary N) is 1. The maximum Gasteiger partial charge on any atom is 0.350 e. The molecule has 0 saturated heterocycles. The third-order valence-corrected chi connectivity index (χ3v) is 4.93. The molecule has 0 spiro atoms. The second kappa shape index (κ2) is 8.35. The van der Waals surface area contributed by atoms with Crippen LogP contribution >= 0.6 is 11.3 Å². The molecule has 0 unspecified atom stereocenters. The largest absolute Gasteiger partial charge is 0.461 e. The average molecular weight is 399 g/mol. The van der Waals surface area contributed by atoms with Crippen molar-refractivity contribution in [3.8, 4) is 11.3 Å². The number of amides is 1. The number of carbonyl (C=O) groups is 2. The van der Waals surface area contributed by atoms with Crippen LogP contribution in [0, 0.1) is 19.8 Å². The number of aryl methyl sites for hydroxylation is 2. The summed E-state index contributed by atoms with van der Waals surface area (Å²) in [6.45, 7) is 7.66. The number of carbonyl (C=O) groups excluding carboxylic acids is 2. The molecule has 2 aromatic heterocycles. The summed E-state index contributed by atoms with van der Waals surface area (Å²) in [5.41, 5.74) is 2.07. The highest BCUT2D eigenvalue weighted by atomic mass is 32.1. The van der Waals surface area contributed by atoms with Crippen LogP contribution in [0.2, 0.25) is 0 Å². The average Bonchev–Trinajstić information content (AvgIpc) is 3.23. The molecule has 0 atom stereocenters. The predicted octanol–water partition coefficient (Wildman–Crippen LogP) is 4.48. The van der Waals surface area contributed by atoms with Crippen molar-refractivity contribution in [3.05, 3.63) is 52.2 Å². The van der Waals surface area contributed by atoms with Gasteiger partial charge in [0.25, 0.3) is 5.91 Å². The minimum absolute atomic E-state index is 0.240. The Morgan fingerprint density at radius 2 is 1.89 bits per heavy atom. The maximum atomic E-state index is 12.8. The molecule has 0 saturated carbocycles. The summed E-state index contributed by atoms with van der Waals surface area (Å²) in [6, 6.07) is 9.27. The van der Waals surface area contributed by atoms with E-state index in [1.807, 2.05) is 44.2 Å². The summed E-state index contributed by atoms with van der Waals surface area (Å²) in [7, 11) is 0. The SMILES string of the molecule is Cc1nc(NC(=O)c2c(C)noc2-c2ccccc2)sc1C(=O)OCC(C)C. The molecule has 0 aliphatic rings. The molecule has 1 aromatic carbocycles. The van der Waals surface area contributed by atoms with E-state index >= 15 is 0 Å². The van der Waals surface area contributed by atoms with Gasteiger partial charge in [-0.1, -0.05) is 60.7 Å². The van der Waals surface area contributed by atoms with Crippen LogP contribution in [0.1, 0.15) is 45.3 Å². The molecule has 0 fully saturated rings. The predicted molar refractivity (Wildman–Crippen MR) is 107 cm³/mol. The summed E-state index contributed by atoms with van der Waals surface area (Å²) in [5, 5.41) is 6.98. The first kappa shape index (κ1) is 19.8. The minimum Gasteiger partial charge on any atom is -0.461 e. The zero-order valence-electron chi connectivity index (χ0n) is 16.1. The zero-order valence-corrected chi connectivity index (χ0v) is 16.9. The number of nitrogens with zero attached hydrogens (tertiary/aromatic N) is 2. The molecule has 8 heteroatoms. The summed E-state index contributed by atoms with van der Waals surface area (Å²) in [6.07, 6.45) is 0. The Kier molecular flexibility index (Phi) is 5.89. The lowest BCUT2D eigenvalue weighted by Gasteiger charge is -2.05. The number of thiazole rings is 1. The standard InChI is InChI=1S/C20H21N3O4S/c1-11(2)10-26-19(25)17-13(4)21-20(28-17)22-18(24)15-12(3)23-27-16(15)14-8-6-5-7-9-14/h5-9,11H,10H2,1-4H3,(H,21,22,24). The van der Waals surface area contributed by atoms with Crippen LogP contribution in [0.5, 0.6) is 0 Å². The second-order valence-electron chi connectivity index (χ2n) is 6.72. The molecule has 0 bridgehead atoms. The van der Waals surface area contributed by atoms with Crippen molar-refractivity contribution in [2.45, 2.75) is 27.7 Å². The fourth-order valence-corrected chi connectivity index (χ4v) is 3.39. The first-order valence-corrected chi connectivity index (χ1v) is 9.66. The van der Waals surface area contributed by atoms with Gasteiger partial charge in [-0.3, -0.25) is 10.1 Å². The van der Waals surface area contributed by atoms with Gasteiger partial charge in [0, 0.05) is 5.56 Å². The first-order chi connectivity index (χ1) is 13.4. The van der Waals surface area contributed by atoms with Gasteiger partial charge >= 0.3 is 5.97 Å². The van der Waals surface area contributed by atoms with Crippen molar-refractivity contribution >= 4 is 28.3 Å². The number of benzene rings is 1. The molecular formula is C20H21N3O4S. The highest BCUT2D eigenvalue weighted by Crippen LogP contribution is 2.28.